The average Bonchev–Trinajstić information content (AvgIpc) is 1.67. The Hall–Kier alpha value is 0.690. The number of nitrogens with two attached hydrogens (primary N) is 1. The molecule has 0 saturated heterocycles. The van der Waals surface area contributed by atoms with Gasteiger partial charge in [0.15, 0.2) is 0 Å². The lowest BCUT2D eigenvalue weighted by Gasteiger charge is -2.19. The Morgan fingerprint density at radius 2 is 2.00 bits per heavy atom. The van der Waals surface area contributed by atoms with Gasteiger partial charge in [-0.05, 0) is 18.4 Å². The highest BCUT2D eigenvalue weighted by molar-refractivity contribution is 14.1. The Bertz CT molecular complexity index is 61.5. The van der Waals surface area contributed by atoms with Gasteiger partial charge in [-0.25, -0.2) is 0 Å². The Balaban J connectivity index is 3.37. The predicted octanol–water partition coefficient (Wildman–Crippen LogP) is 1.80. The van der Waals surface area contributed by atoms with Crippen molar-refractivity contribution in [3.8, 4) is 0 Å². The van der Waals surface area contributed by atoms with Gasteiger partial charge in [0.1, 0.15) is 0 Å². The average molecular weight is 227 g/mol. The van der Waals surface area contributed by atoms with Crippen molar-refractivity contribution in [1.82, 2.24) is 0 Å². The molecule has 0 fully saturated rings. The summed E-state index contributed by atoms with van der Waals surface area (Å²) in [5, 5.41) is 0. The van der Waals surface area contributed by atoms with Crippen LogP contribution in [0.2, 0.25) is 0 Å². The van der Waals surface area contributed by atoms with Crippen LogP contribution in [0.15, 0.2) is 0 Å². The van der Waals surface area contributed by atoms with E-state index >= 15 is 0 Å². The van der Waals surface area contributed by atoms with Gasteiger partial charge in [0.05, 0.1) is 0 Å². The molecule has 0 aliphatic heterocycles. The fraction of sp³-hybridized carbons (Fsp3) is 1.00. The number of hydrogen-bond donors (Lipinski definition) is 1. The van der Waals surface area contributed by atoms with E-state index < -0.39 is 0 Å². The minimum absolute atomic E-state index is 0.454. The van der Waals surface area contributed by atoms with Gasteiger partial charge in [-0.3, -0.25) is 0 Å². The summed E-state index contributed by atoms with van der Waals surface area (Å²) in [6, 6.07) is 0. The molecule has 0 radical (unpaired) electrons. The summed E-state index contributed by atoms with van der Waals surface area (Å²) in [7, 11) is 0. The number of halogens is 1. The van der Waals surface area contributed by atoms with Gasteiger partial charge in [0, 0.05) is 4.43 Å². The lowest BCUT2D eigenvalue weighted by Crippen LogP contribution is -2.17. The van der Waals surface area contributed by atoms with Gasteiger partial charge >= 0.3 is 0 Å². The molecule has 0 spiro atoms. The maximum absolute atomic E-state index is 5.39. The normalized spacial score (nSPS) is 12.0. The third-order valence-corrected chi connectivity index (χ3v) is 3.25. The second kappa shape index (κ2) is 3.67. The van der Waals surface area contributed by atoms with E-state index in [9.17, 15) is 0 Å². The maximum Gasteiger partial charge on any atom is 0.00471 e. The lowest BCUT2D eigenvalue weighted by atomic mass is 9.93. The molecule has 0 amide bonds. The van der Waals surface area contributed by atoms with Crippen molar-refractivity contribution < 1.29 is 0 Å². The fourth-order valence-corrected chi connectivity index (χ4v) is 0.839. The van der Waals surface area contributed by atoms with Crippen molar-refractivity contribution in [1.29, 1.82) is 0 Å². The first-order valence-electron chi connectivity index (χ1n) is 2.88. The minimum atomic E-state index is 0.454. The quantitative estimate of drug-likeness (QED) is 0.577. The third-order valence-electron chi connectivity index (χ3n) is 1.18. The van der Waals surface area contributed by atoms with Crippen molar-refractivity contribution >= 4 is 22.6 Å². The van der Waals surface area contributed by atoms with Crippen LogP contribution in [0.3, 0.4) is 0 Å². The summed E-state index contributed by atoms with van der Waals surface area (Å²) in [6.07, 6.45) is 1.13. The van der Waals surface area contributed by atoms with Crippen LogP contribution in [-0.4, -0.2) is 11.0 Å². The molecule has 0 aromatic carbocycles. The fourth-order valence-electron chi connectivity index (χ4n) is 0.458. The summed E-state index contributed by atoms with van der Waals surface area (Å²) in [6.45, 7) is 5.30. The molecule has 0 rings (SSSR count). The largest absolute Gasteiger partial charge is 0.330 e. The molecule has 0 heterocycles. The van der Waals surface area contributed by atoms with E-state index in [0.717, 1.165) is 13.0 Å². The van der Waals surface area contributed by atoms with E-state index in [1.807, 2.05) is 0 Å². The van der Waals surface area contributed by atoms with Crippen LogP contribution in [0.5, 0.6) is 0 Å². The van der Waals surface area contributed by atoms with Crippen LogP contribution in [0, 0.1) is 5.41 Å². The zero-order chi connectivity index (χ0) is 6.62. The standard InChI is InChI=1S/C6H14IN/c1-6(2,5-7)3-4-8/h3-5,8H2,1-2H3. The van der Waals surface area contributed by atoms with Crippen molar-refractivity contribution in [2.45, 2.75) is 20.3 Å². The predicted molar refractivity (Wildman–Crippen MR) is 46.3 cm³/mol. The second-order valence-corrected chi connectivity index (χ2v) is 3.60. The molecule has 0 aliphatic carbocycles. The first-order chi connectivity index (χ1) is 3.62. The van der Waals surface area contributed by atoms with E-state index in [-0.39, 0.29) is 0 Å². The van der Waals surface area contributed by atoms with Crippen LogP contribution in [0.1, 0.15) is 20.3 Å². The van der Waals surface area contributed by atoms with Gasteiger partial charge in [-0.1, -0.05) is 36.4 Å². The first kappa shape index (κ1) is 8.69. The third kappa shape index (κ3) is 3.66. The summed E-state index contributed by atoms with van der Waals surface area (Å²) in [4.78, 5) is 0. The molecule has 0 saturated carbocycles. The van der Waals surface area contributed by atoms with Crippen LogP contribution in [0.25, 0.3) is 0 Å². The molecule has 2 heteroatoms. The van der Waals surface area contributed by atoms with Crippen molar-refractivity contribution in [3.05, 3.63) is 0 Å². The van der Waals surface area contributed by atoms with Gasteiger partial charge in [-0.2, -0.15) is 0 Å². The molecule has 1 nitrogen and oxygen atoms in total. The van der Waals surface area contributed by atoms with Crippen molar-refractivity contribution in [3.63, 3.8) is 0 Å². The molecule has 8 heavy (non-hydrogen) atoms. The first-order valence-corrected chi connectivity index (χ1v) is 4.41. The highest BCUT2D eigenvalue weighted by Gasteiger charge is 2.13. The van der Waals surface area contributed by atoms with Gasteiger partial charge < -0.3 is 5.73 Å². The monoisotopic (exact) mass is 227 g/mol. The Labute approximate surface area is 65.2 Å². The zero-order valence-electron chi connectivity index (χ0n) is 5.58. The smallest absolute Gasteiger partial charge is 0.00471 e. The molecule has 0 atom stereocenters. The van der Waals surface area contributed by atoms with E-state index in [1.165, 1.54) is 4.43 Å². The summed E-state index contributed by atoms with van der Waals surface area (Å²) in [5.41, 5.74) is 5.84. The Kier molecular flexibility index (Phi) is 3.98. The van der Waals surface area contributed by atoms with Gasteiger partial charge in [0.2, 0.25) is 0 Å². The van der Waals surface area contributed by atoms with E-state index in [1.54, 1.807) is 0 Å². The second-order valence-electron chi connectivity index (χ2n) is 2.84. The lowest BCUT2D eigenvalue weighted by molar-refractivity contribution is 0.401. The van der Waals surface area contributed by atoms with Crippen LogP contribution < -0.4 is 5.73 Å². The summed E-state index contributed by atoms with van der Waals surface area (Å²) in [5.74, 6) is 0. The molecule has 0 aliphatic rings. The Morgan fingerprint density at radius 1 is 1.50 bits per heavy atom. The maximum atomic E-state index is 5.39. The van der Waals surface area contributed by atoms with E-state index in [2.05, 4.69) is 36.4 Å². The van der Waals surface area contributed by atoms with Crippen molar-refractivity contribution in [2.24, 2.45) is 11.1 Å². The molecule has 2 N–H and O–H groups in total. The van der Waals surface area contributed by atoms with Crippen LogP contribution in [0.4, 0.5) is 0 Å². The molecule has 0 unspecified atom stereocenters. The Morgan fingerprint density at radius 3 is 2.12 bits per heavy atom. The number of alkyl halides is 1. The summed E-state index contributed by atoms with van der Waals surface area (Å²) >= 11 is 2.40. The van der Waals surface area contributed by atoms with E-state index in [4.69, 9.17) is 5.73 Å². The minimum Gasteiger partial charge on any atom is -0.330 e. The molecule has 0 aromatic rings. The van der Waals surface area contributed by atoms with Crippen LogP contribution >= 0.6 is 22.6 Å². The highest BCUT2D eigenvalue weighted by Crippen LogP contribution is 2.21. The molecule has 0 aromatic heterocycles. The van der Waals surface area contributed by atoms with Gasteiger partial charge in [0.25, 0.3) is 0 Å². The van der Waals surface area contributed by atoms with Gasteiger partial charge in [-0.15, -0.1) is 0 Å². The summed E-state index contributed by atoms with van der Waals surface area (Å²) < 4.78 is 1.20. The molecular weight excluding hydrogens is 213 g/mol. The van der Waals surface area contributed by atoms with Crippen molar-refractivity contribution in [2.75, 3.05) is 11.0 Å². The SMILES string of the molecule is CC(C)(CI)CCN. The molecule has 0 bridgehead atoms. The number of rotatable bonds is 3. The highest BCUT2D eigenvalue weighted by atomic mass is 127. The van der Waals surface area contributed by atoms with Crippen LogP contribution in [-0.2, 0) is 0 Å². The number of hydrogen-bond acceptors (Lipinski definition) is 1. The molecular formula is C6H14IN. The molecule has 50 valence electrons. The zero-order valence-corrected chi connectivity index (χ0v) is 7.73. The topological polar surface area (TPSA) is 26.0 Å². The van der Waals surface area contributed by atoms with E-state index in [0.29, 0.717) is 5.41 Å².